The van der Waals surface area contributed by atoms with Crippen LogP contribution in [0.4, 0.5) is 0 Å². The Morgan fingerprint density at radius 3 is 2.61 bits per heavy atom. The minimum absolute atomic E-state index is 0.119. The SMILES string of the molecule is CC(=O)c1cccc(SCc2ccccc2C)c1. The fraction of sp³-hybridized carbons (Fsp3) is 0.188. The third-order valence-electron chi connectivity index (χ3n) is 2.90. The highest BCUT2D eigenvalue weighted by atomic mass is 32.2. The van der Waals surface area contributed by atoms with E-state index in [-0.39, 0.29) is 5.78 Å². The van der Waals surface area contributed by atoms with Crippen molar-refractivity contribution < 1.29 is 4.79 Å². The topological polar surface area (TPSA) is 17.1 Å². The first-order chi connectivity index (χ1) is 8.66. The quantitative estimate of drug-likeness (QED) is 0.592. The maximum atomic E-state index is 11.3. The maximum absolute atomic E-state index is 11.3. The van der Waals surface area contributed by atoms with Crippen LogP contribution in [0, 0.1) is 6.92 Å². The number of hydrogen-bond donors (Lipinski definition) is 0. The number of aryl methyl sites for hydroxylation is 1. The summed E-state index contributed by atoms with van der Waals surface area (Å²) in [4.78, 5) is 12.5. The molecule has 18 heavy (non-hydrogen) atoms. The summed E-state index contributed by atoms with van der Waals surface area (Å²) in [5, 5.41) is 0. The molecule has 0 amide bonds. The molecule has 0 atom stereocenters. The highest BCUT2D eigenvalue weighted by molar-refractivity contribution is 7.98. The molecule has 2 heteroatoms. The van der Waals surface area contributed by atoms with E-state index in [1.54, 1.807) is 18.7 Å². The molecule has 0 saturated carbocycles. The van der Waals surface area contributed by atoms with Crippen LogP contribution in [0.2, 0.25) is 0 Å². The average molecular weight is 256 g/mol. The van der Waals surface area contributed by atoms with E-state index in [4.69, 9.17) is 0 Å². The van der Waals surface area contributed by atoms with Crippen LogP contribution in [0.25, 0.3) is 0 Å². The van der Waals surface area contributed by atoms with Crippen LogP contribution < -0.4 is 0 Å². The lowest BCUT2D eigenvalue weighted by Crippen LogP contribution is -1.91. The van der Waals surface area contributed by atoms with Gasteiger partial charge >= 0.3 is 0 Å². The van der Waals surface area contributed by atoms with Gasteiger partial charge in [0.15, 0.2) is 5.78 Å². The molecule has 0 heterocycles. The molecule has 0 fully saturated rings. The Morgan fingerprint density at radius 2 is 1.89 bits per heavy atom. The lowest BCUT2D eigenvalue weighted by Gasteiger charge is -2.06. The van der Waals surface area contributed by atoms with Gasteiger partial charge in [0.25, 0.3) is 0 Å². The molecule has 1 nitrogen and oxygen atoms in total. The fourth-order valence-electron chi connectivity index (χ4n) is 1.74. The standard InChI is InChI=1S/C16H16OS/c1-12-6-3-4-7-15(12)11-18-16-9-5-8-14(10-16)13(2)17/h3-10H,11H2,1-2H3. The van der Waals surface area contributed by atoms with Gasteiger partial charge in [0, 0.05) is 16.2 Å². The Labute approximate surface area is 112 Å². The van der Waals surface area contributed by atoms with Crippen LogP contribution >= 0.6 is 11.8 Å². The predicted molar refractivity (Wildman–Crippen MR) is 77.2 cm³/mol. The summed E-state index contributed by atoms with van der Waals surface area (Å²) >= 11 is 1.77. The second-order valence-electron chi connectivity index (χ2n) is 4.30. The van der Waals surface area contributed by atoms with Gasteiger partial charge in [-0.25, -0.2) is 0 Å². The number of thioether (sulfide) groups is 1. The molecule has 92 valence electrons. The third kappa shape index (κ3) is 3.23. The number of hydrogen-bond acceptors (Lipinski definition) is 2. The van der Waals surface area contributed by atoms with Crippen LogP contribution in [-0.4, -0.2) is 5.78 Å². The van der Waals surface area contributed by atoms with Gasteiger partial charge in [-0.1, -0.05) is 36.4 Å². The molecule has 2 aromatic carbocycles. The van der Waals surface area contributed by atoms with Crippen molar-refractivity contribution in [2.75, 3.05) is 0 Å². The molecule has 0 unspecified atom stereocenters. The Balaban J connectivity index is 2.09. The molecule has 0 aliphatic heterocycles. The molecular formula is C16H16OS. The average Bonchev–Trinajstić information content (AvgIpc) is 2.38. The summed E-state index contributed by atoms with van der Waals surface area (Å²) in [6, 6.07) is 16.2. The second kappa shape index (κ2) is 5.87. The third-order valence-corrected chi connectivity index (χ3v) is 3.94. The Kier molecular flexibility index (Phi) is 4.21. The van der Waals surface area contributed by atoms with Gasteiger partial charge < -0.3 is 0 Å². The Bertz CT molecular complexity index is 561. The molecule has 0 radical (unpaired) electrons. The van der Waals surface area contributed by atoms with Crippen molar-refractivity contribution in [3.05, 3.63) is 65.2 Å². The van der Waals surface area contributed by atoms with Gasteiger partial charge in [0.05, 0.1) is 0 Å². The summed E-state index contributed by atoms with van der Waals surface area (Å²) in [6.45, 7) is 3.73. The first-order valence-electron chi connectivity index (χ1n) is 5.95. The number of rotatable bonds is 4. The largest absolute Gasteiger partial charge is 0.295 e. The van der Waals surface area contributed by atoms with Gasteiger partial charge in [0.2, 0.25) is 0 Å². The minimum atomic E-state index is 0.119. The Morgan fingerprint density at radius 1 is 1.11 bits per heavy atom. The van der Waals surface area contributed by atoms with E-state index >= 15 is 0 Å². The molecular weight excluding hydrogens is 240 g/mol. The second-order valence-corrected chi connectivity index (χ2v) is 5.35. The summed E-state index contributed by atoms with van der Waals surface area (Å²) in [5.74, 6) is 1.06. The zero-order valence-electron chi connectivity index (χ0n) is 10.6. The van der Waals surface area contributed by atoms with E-state index in [0.29, 0.717) is 0 Å². The molecule has 2 aromatic rings. The number of carbonyl (C=O) groups is 1. The van der Waals surface area contributed by atoms with Crippen LogP contribution in [0.3, 0.4) is 0 Å². The van der Waals surface area contributed by atoms with E-state index in [1.165, 1.54) is 11.1 Å². The molecule has 0 aromatic heterocycles. The monoisotopic (exact) mass is 256 g/mol. The van der Waals surface area contributed by atoms with Crippen molar-refractivity contribution >= 4 is 17.5 Å². The van der Waals surface area contributed by atoms with E-state index in [0.717, 1.165) is 16.2 Å². The van der Waals surface area contributed by atoms with Crippen molar-refractivity contribution in [1.29, 1.82) is 0 Å². The Hall–Kier alpha value is -1.54. The van der Waals surface area contributed by atoms with Crippen molar-refractivity contribution in [3.8, 4) is 0 Å². The maximum Gasteiger partial charge on any atom is 0.159 e. The number of Topliss-reactive ketones (excluding diaryl/α,β-unsaturated/α-hetero) is 1. The molecule has 0 spiro atoms. The van der Waals surface area contributed by atoms with Crippen LogP contribution in [0.5, 0.6) is 0 Å². The minimum Gasteiger partial charge on any atom is -0.295 e. The van der Waals surface area contributed by atoms with Gasteiger partial charge in [-0.3, -0.25) is 4.79 Å². The van der Waals surface area contributed by atoms with Crippen LogP contribution in [-0.2, 0) is 5.75 Å². The molecule has 0 aliphatic carbocycles. The van der Waals surface area contributed by atoms with Crippen molar-refractivity contribution in [2.24, 2.45) is 0 Å². The van der Waals surface area contributed by atoms with Crippen molar-refractivity contribution in [2.45, 2.75) is 24.5 Å². The summed E-state index contributed by atoms with van der Waals surface area (Å²) in [6.07, 6.45) is 0. The number of ketones is 1. The zero-order valence-corrected chi connectivity index (χ0v) is 11.5. The molecule has 2 rings (SSSR count). The van der Waals surface area contributed by atoms with E-state index < -0.39 is 0 Å². The normalized spacial score (nSPS) is 10.3. The molecule has 0 bridgehead atoms. The summed E-state index contributed by atoms with van der Waals surface area (Å²) in [7, 11) is 0. The number of benzene rings is 2. The van der Waals surface area contributed by atoms with Crippen molar-refractivity contribution in [3.63, 3.8) is 0 Å². The molecule has 0 saturated heterocycles. The predicted octanol–water partition coefficient (Wildman–Crippen LogP) is 4.49. The highest BCUT2D eigenvalue weighted by Crippen LogP contribution is 2.25. The lowest BCUT2D eigenvalue weighted by atomic mass is 10.1. The van der Waals surface area contributed by atoms with E-state index in [1.807, 2.05) is 18.2 Å². The van der Waals surface area contributed by atoms with E-state index in [9.17, 15) is 4.79 Å². The summed E-state index contributed by atoms with van der Waals surface area (Å²) < 4.78 is 0. The molecule has 0 N–H and O–H groups in total. The van der Waals surface area contributed by atoms with Crippen LogP contribution in [0.1, 0.15) is 28.4 Å². The fourth-order valence-corrected chi connectivity index (χ4v) is 2.77. The lowest BCUT2D eigenvalue weighted by molar-refractivity contribution is 0.101. The smallest absolute Gasteiger partial charge is 0.159 e. The van der Waals surface area contributed by atoms with Crippen molar-refractivity contribution in [1.82, 2.24) is 0 Å². The molecule has 0 aliphatic rings. The van der Waals surface area contributed by atoms with Gasteiger partial charge in [-0.2, -0.15) is 0 Å². The highest BCUT2D eigenvalue weighted by Gasteiger charge is 2.02. The first-order valence-corrected chi connectivity index (χ1v) is 6.93. The van der Waals surface area contributed by atoms with Crippen LogP contribution in [0.15, 0.2) is 53.4 Å². The number of carbonyl (C=O) groups excluding carboxylic acids is 1. The van der Waals surface area contributed by atoms with Gasteiger partial charge in [-0.15, -0.1) is 11.8 Å². The zero-order chi connectivity index (χ0) is 13.0. The van der Waals surface area contributed by atoms with Gasteiger partial charge in [-0.05, 0) is 37.1 Å². The first kappa shape index (κ1) is 12.9. The van der Waals surface area contributed by atoms with E-state index in [2.05, 4.69) is 37.3 Å². The van der Waals surface area contributed by atoms with Gasteiger partial charge in [0.1, 0.15) is 0 Å². The summed E-state index contributed by atoms with van der Waals surface area (Å²) in [5.41, 5.74) is 3.44.